The molecule has 2 heterocycles. The third-order valence-corrected chi connectivity index (χ3v) is 6.82. The van der Waals surface area contributed by atoms with Gasteiger partial charge in [0.15, 0.2) is 0 Å². The van der Waals surface area contributed by atoms with Gasteiger partial charge in [0.2, 0.25) is 0 Å². The van der Waals surface area contributed by atoms with Gasteiger partial charge in [-0.3, -0.25) is 4.90 Å². The first-order valence-corrected chi connectivity index (χ1v) is 13.6. The largest absolute Gasteiger partial charge is 0.489 e. The van der Waals surface area contributed by atoms with Crippen molar-refractivity contribution >= 4 is 23.5 Å². The summed E-state index contributed by atoms with van der Waals surface area (Å²) in [6.45, 7) is 12.0. The van der Waals surface area contributed by atoms with Crippen LogP contribution in [0.4, 0.5) is 0 Å². The highest BCUT2D eigenvalue weighted by Crippen LogP contribution is 2.30. The molecule has 0 atom stereocenters. The second-order valence-electron chi connectivity index (χ2n) is 9.18. The van der Waals surface area contributed by atoms with Gasteiger partial charge in [0, 0.05) is 30.0 Å². The highest BCUT2D eigenvalue weighted by Gasteiger charge is 2.11. The Bertz CT molecular complexity index is 1010. The number of hydrogen-bond donors (Lipinski definition) is 0. The molecular weight excluding hydrogens is 442 g/mol. The van der Waals surface area contributed by atoms with Crippen LogP contribution in [0.1, 0.15) is 33.3 Å². The monoisotopic (exact) mass is 477 g/mol. The molecule has 0 spiro atoms. The fraction of sp³-hybridized carbons (Fsp3) is 0.379. The van der Waals surface area contributed by atoms with E-state index in [4.69, 9.17) is 4.74 Å². The number of benzene rings is 1. The van der Waals surface area contributed by atoms with Crippen molar-refractivity contribution in [1.82, 2.24) is 4.90 Å². The van der Waals surface area contributed by atoms with Crippen LogP contribution >= 0.6 is 23.5 Å². The van der Waals surface area contributed by atoms with Gasteiger partial charge < -0.3 is 4.74 Å². The van der Waals surface area contributed by atoms with Gasteiger partial charge in [-0.25, -0.2) is 0 Å². The maximum atomic E-state index is 6.18. The van der Waals surface area contributed by atoms with E-state index in [1.54, 1.807) is 0 Å². The predicted molar refractivity (Wildman–Crippen MR) is 148 cm³/mol. The van der Waals surface area contributed by atoms with Crippen LogP contribution in [0, 0.1) is 17.3 Å². The van der Waals surface area contributed by atoms with E-state index in [0.29, 0.717) is 6.61 Å². The number of allylic oxidation sites excluding steroid dienone is 5. The van der Waals surface area contributed by atoms with Crippen LogP contribution in [-0.4, -0.2) is 36.1 Å². The first kappa shape index (κ1) is 25.6. The van der Waals surface area contributed by atoms with Gasteiger partial charge in [0.05, 0.1) is 0 Å². The number of likely N-dealkylation sites (N-methyl/N-ethyl adjacent to an activating group) is 1. The van der Waals surface area contributed by atoms with Crippen LogP contribution in [0.3, 0.4) is 0 Å². The third-order valence-electron chi connectivity index (χ3n) is 5.06. The van der Waals surface area contributed by atoms with E-state index in [0.717, 1.165) is 36.9 Å². The van der Waals surface area contributed by atoms with E-state index in [1.807, 2.05) is 29.6 Å². The Morgan fingerprint density at radius 2 is 2.00 bits per heavy atom. The minimum Gasteiger partial charge on any atom is -0.489 e. The topological polar surface area (TPSA) is 12.5 Å². The van der Waals surface area contributed by atoms with Crippen LogP contribution in [0.5, 0.6) is 5.75 Å². The molecule has 0 aromatic heterocycles. The molecule has 0 N–H and O–H groups in total. The first-order chi connectivity index (χ1) is 15.9. The van der Waals surface area contributed by atoms with Gasteiger partial charge in [-0.2, -0.15) is 0 Å². The van der Waals surface area contributed by atoms with Gasteiger partial charge in [0.1, 0.15) is 12.4 Å². The molecule has 0 unspecified atom stereocenters. The number of thioether (sulfide) groups is 2. The third kappa shape index (κ3) is 9.37. The van der Waals surface area contributed by atoms with Crippen LogP contribution in [0.15, 0.2) is 82.2 Å². The Kier molecular flexibility index (Phi) is 10.1. The van der Waals surface area contributed by atoms with E-state index < -0.39 is 0 Å². The van der Waals surface area contributed by atoms with Crippen LogP contribution < -0.4 is 4.74 Å². The van der Waals surface area contributed by atoms with Gasteiger partial charge in [-0.15, -0.1) is 23.5 Å². The highest BCUT2D eigenvalue weighted by atomic mass is 32.2. The van der Waals surface area contributed by atoms with Gasteiger partial charge >= 0.3 is 0 Å². The number of ether oxygens (including phenoxy) is 1. The molecule has 1 aromatic rings. The van der Waals surface area contributed by atoms with E-state index in [1.165, 1.54) is 22.3 Å². The summed E-state index contributed by atoms with van der Waals surface area (Å²) in [5.41, 5.74) is 5.23. The maximum absolute atomic E-state index is 6.18. The summed E-state index contributed by atoms with van der Waals surface area (Å²) < 4.78 is 6.18. The first-order valence-electron chi connectivity index (χ1n) is 11.5. The van der Waals surface area contributed by atoms with Crippen molar-refractivity contribution in [3.05, 3.63) is 87.7 Å². The molecule has 2 nitrogen and oxygen atoms in total. The predicted octanol–water partition coefficient (Wildman–Crippen LogP) is 7.24. The van der Waals surface area contributed by atoms with Crippen molar-refractivity contribution in [3.63, 3.8) is 0 Å². The molecule has 0 fully saturated rings. The van der Waals surface area contributed by atoms with Crippen molar-refractivity contribution in [2.24, 2.45) is 5.41 Å². The lowest BCUT2D eigenvalue weighted by Gasteiger charge is -2.19. The fourth-order valence-electron chi connectivity index (χ4n) is 3.33. The molecule has 3 rings (SSSR count). The Balaban J connectivity index is 1.53. The molecule has 0 saturated heterocycles. The van der Waals surface area contributed by atoms with E-state index in [2.05, 4.69) is 104 Å². The Hall–Kier alpha value is -2.06. The van der Waals surface area contributed by atoms with Gasteiger partial charge in [0.25, 0.3) is 0 Å². The molecular formula is C29H35NOS2. The van der Waals surface area contributed by atoms with Crippen molar-refractivity contribution in [2.75, 3.05) is 31.2 Å². The summed E-state index contributed by atoms with van der Waals surface area (Å²) in [4.78, 5) is 2.40. The molecule has 174 valence electrons. The lowest BCUT2D eigenvalue weighted by molar-refractivity contribution is 0.309. The van der Waals surface area contributed by atoms with Gasteiger partial charge in [-0.05, 0) is 78.6 Å². The molecule has 33 heavy (non-hydrogen) atoms. The summed E-state index contributed by atoms with van der Waals surface area (Å²) in [6, 6.07) is 8.49. The highest BCUT2D eigenvalue weighted by molar-refractivity contribution is 8.02. The van der Waals surface area contributed by atoms with E-state index >= 15 is 0 Å². The molecule has 0 bridgehead atoms. The summed E-state index contributed by atoms with van der Waals surface area (Å²) >= 11 is 3.70. The second-order valence-corrected chi connectivity index (χ2v) is 10.9. The molecule has 2 aliphatic rings. The molecule has 0 radical (unpaired) electrons. The Labute approximate surface area is 208 Å². The standard InChI is InChI=1S/C29H35NOS2/c1-5-30(15-8-6-7-14-29(2,3)4)19-24-11-9-13-28(18-24)31-20-25-17-27(23-33-21-25)26-12-10-16-32-22-26/h6,8-13,17-18,22-23H,5,15-16,19-21H2,1-4H3/b8-6+. The lowest BCUT2D eigenvalue weighted by atomic mass is 9.98. The zero-order chi connectivity index (χ0) is 23.5. The zero-order valence-electron chi connectivity index (χ0n) is 20.3. The van der Waals surface area contributed by atoms with Crippen molar-refractivity contribution in [1.29, 1.82) is 0 Å². The second kappa shape index (κ2) is 13.0. The molecule has 0 saturated carbocycles. The molecule has 0 amide bonds. The van der Waals surface area contributed by atoms with Crippen molar-refractivity contribution in [3.8, 4) is 17.6 Å². The zero-order valence-corrected chi connectivity index (χ0v) is 21.9. The smallest absolute Gasteiger partial charge is 0.120 e. The summed E-state index contributed by atoms with van der Waals surface area (Å²) in [6.07, 6.45) is 10.9. The van der Waals surface area contributed by atoms with Crippen LogP contribution in [-0.2, 0) is 6.54 Å². The maximum Gasteiger partial charge on any atom is 0.120 e. The fourth-order valence-corrected chi connectivity index (χ4v) is 4.88. The van der Waals surface area contributed by atoms with Crippen LogP contribution in [0.2, 0.25) is 0 Å². The van der Waals surface area contributed by atoms with Crippen molar-refractivity contribution < 1.29 is 4.74 Å². The number of hydrogen-bond acceptors (Lipinski definition) is 4. The van der Waals surface area contributed by atoms with Gasteiger partial charge in [-0.1, -0.05) is 55.2 Å². The minimum absolute atomic E-state index is 0.0444. The molecule has 1 aromatic carbocycles. The number of rotatable bonds is 9. The van der Waals surface area contributed by atoms with Crippen LogP contribution in [0.25, 0.3) is 0 Å². The average Bonchev–Trinajstić information content (AvgIpc) is 2.82. The quantitative estimate of drug-likeness (QED) is 0.347. The Morgan fingerprint density at radius 3 is 2.76 bits per heavy atom. The Morgan fingerprint density at radius 1 is 1.15 bits per heavy atom. The molecule has 2 aliphatic heterocycles. The minimum atomic E-state index is 0.0444. The summed E-state index contributed by atoms with van der Waals surface area (Å²) in [5, 5.41) is 4.51. The van der Waals surface area contributed by atoms with E-state index in [9.17, 15) is 0 Å². The van der Waals surface area contributed by atoms with Crippen molar-refractivity contribution in [2.45, 2.75) is 34.2 Å². The molecule has 4 heteroatoms. The normalized spacial score (nSPS) is 16.2. The van der Waals surface area contributed by atoms with E-state index in [-0.39, 0.29) is 5.41 Å². The number of nitrogens with zero attached hydrogens (tertiary/aromatic N) is 1. The summed E-state index contributed by atoms with van der Waals surface area (Å²) in [7, 11) is 0. The average molecular weight is 478 g/mol. The summed E-state index contributed by atoms with van der Waals surface area (Å²) in [5.74, 6) is 9.39. The lowest BCUT2D eigenvalue weighted by Crippen LogP contribution is -2.22. The SMILES string of the molecule is CCN(C/C=C/C#CC(C)(C)C)Cc1cccc(OCC2=CC(C3=CSCC=C3)=CSC2)c1. The molecule has 0 aliphatic carbocycles.